The van der Waals surface area contributed by atoms with Crippen LogP contribution in [0.15, 0.2) is 42.9 Å². The predicted octanol–water partition coefficient (Wildman–Crippen LogP) is 2.29. The molecule has 4 rings (SSSR count). The van der Waals surface area contributed by atoms with Crippen LogP contribution in [0.4, 0.5) is 5.82 Å². The van der Waals surface area contributed by atoms with Crippen molar-refractivity contribution in [1.29, 1.82) is 0 Å². The van der Waals surface area contributed by atoms with E-state index in [0.29, 0.717) is 0 Å². The Morgan fingerprint density at radius 3 is 2.65 bits per heavy atom. The molecule has 0 radical (unpaired) electrons. The number of benzene rings is 1. The molecule has 1 aliphatic rings. The molecule has 1 aromatic carbocycles. The number of H-pyrrole nitrogens is 1. The number of aromatic amines is 1. The molecule has 7 heteroatoms. The number of carbonyl (C=O) groups is 1. The van der Waals surface area contributed by atoms with Gasteiger partial charge in [-0.1, -0.05) is 18.2 Å². The van der Waals surface area contributed by atoms with E-state index in [1.54, 1.807) is 6.33 Å². The molecule has 3 heterocycles. The summed E-state index contributed by atoms with van der Waals surface area (Å²) in [4.78, 5) is 25.2. The lowest BCUT2D eigenvalue weighted by atomic mass is 10.2. The van der Waals surface area contributed by atoms with Crippen LogP contribution in [-0.2, 0) is 11.3 Å². The first-order valence-corrected chi connectivity index (χ1v) is 8.59. The van der Waals surface area contributed by atoms with Gasteiger partial charge in [-0.05, 0) is 24.4 Å². The van der Waals surface area contributed by atoms with Crippen LogP contribution in [0, 0.1) is 6.92 Å². The third kappa shape index (κ3) is 4.18. The number of anilines is 1. The molecule has 0 bridgehead atoms. The Hall–Kier alpha value is -2.93. The number of fused-ring (bicyclic) bond motifs is 1. The van der Waals surface area contributed by atoms with Crippen LogP contribution in [0.1, 0.15) is 11.3 Å². The van der Waals surface area contributed by atoms with Crippen molar-refractivity contribution in [1.82, 2.24) is 19.9 Å². The summed E-state index contributed by atoms with van der Waals surface area (Å²) < 4.78 is 0. The molecule has 3 aromatic rings. The highest BCUT2D eigenvalue weighted by Gasteiger charge is 2.19. The van der Waals surface area contributed by atoms with E-state index in [4.69, 9.17) is 9.90 Å². The van der Waals surface area contributed by atoms with Gasteiger partial charge in [0.25, 0.3) is 6.47 Å². The Morgan fingerprint density at radius 1 is 1.23 bits per heavy atom. The maximum absolute atomic E-state index is 8.36. The van der Waals surface area contributed by atoms with E-state index >= 15 is 0 Å². The molecule has 0 saturated carbocycles. The van der Waals surface area contributed by atoms with Crippen LogP contribution >= 0.6 is 0 Å². The predicted molar refractivity (Wildman–Crippen MR) is 101 cm³/mol. The number of aryl methyl sites for hydroxylation is 1. The summed E-state index contributed by atoms with van der Waals surface area (Å²) in [6, 6.07) is 10.7. The molecule has 1 aliphatic heterocycles. The van der Waals surface area contributed by atoms with E-state index in [1.165, 1.54) is 16.6 Å². The smallest absolute Gasteiger partial charge is 0.290 e. The van der Waals surface area contributed by atoms with Crippen molar-refractivity contribution >= 4 is 23.2 Å². The van der Waals surface area contributed by atoms with Crippen molar-refractivity contribution in [2.24, 2.45) is 0 Å². The Balaban J connectivity index is 0.000000613. The van der Waals surface area contributed by atoms with Gasteiger partial charge in [-0.2, -0.15) is 0 Å². The quantitative estimate of drug-likeness (QED) is 0.703. The van der Waals surface area contributed by atoms with Gasteiger partial charge >= 0.3 is 0 Å². The van der Waals surface area contributed by atoms with Crippen molar-refractivity contribution in [3.05, 3.63) is 54.1 Å². The molecule has 1 saturated heterocycles. The lowest BCUT2D eigenvalue weighted by molar-refractivity contribution is -0.122. The lowest BCUT2D eigenvalue weighted by Crippen LogP contribution is -2.46. The van der Waals surface area contributed by atoms with Gasteiger partial charge in [0.2, 0.25) is 0 Å². The number of hydrogen-bond acceptors (Lipinski definition) is 5. The van der Waals surface area contributed by atoms with Crippen molar-refractivity contribution in [2.75, 3.05) is 31.1 Å². The summed E-state index contributed by atoms with van der Waals surface area (Å²) in [6.45, 7) is 6.94. The molecule has 1 fully saturated rings. The van der Waals surface area contributed by atoms with Crippen LogP contribution < -0.4 is 4.90 Å². The maximum atomic E-state index is 8.36. The number of carboxylic acid groups (broad SMARTS) is 1. The third-order valence-corrected chi connectivity index (χ3v) is 4.52. The molecule has 0 spiro atoms. The number of piperazine rings is 1. The van der Waals surface area contributed by atoms with Crippen LogP contribution in [0.5, 0.6) is 0 Å². The number of para-hydroxylation sites is 1. The molecule has 26 heavy (non-hydrogen) atoms. The number of nitrogens with zero attached hydrogens (tertiary/aromatic N) is 4. The Labute approximate surface area is 152 Å². The molecule has 2 aromatic heterocycles. The number of hydrogen-bond donors (Lipinski definition) is 2. The van der Waals surface area contributed by atoms with Crippen molar-refractivity contribution in [3.8, 4) is 0 Å². The Morgan fingerprint density at radius 2 is 1.96 bits per heavy atom. The van der Waals surface area contributed by atoms with Gasteiger partial charge < -0.3 is 15.0 Å². The van der Waals surface area contributed by atoms with E-state index in [9.17, 15) is 0 Å². The fourth-order valence-corrected chi connectivity index (χ4v) is 3.30. The van der Waals surface area contributed by atoms with Crippen LogP contribution in [-0.4, -0.2) is 57.6 Å². The standard InChI is InChI=1S/C18H21N5.CH2O2/c1-14-11-19-13-20-18(14)23-8-6-22(7-9-23)12-16-10-15-4-2-3-5-17(15)21-16;2-1-3/h2-5,10-11,13,21H,6-9,12H2,1H3;1H,(H,2,3). The highest BCUT2D eigenvalue weighted by molar-refractivity contribution is 5.80. The van der Waals surface area contributed by atoms with Gasteiger partial charge in [0, 0.05) is 55.7 Å². The SMILES string of the molecule is Cc1cncnc1N1CCN(Cc2cc3ccccc3[nH]2)CC1.O=CO. The van der Waals surface area contributed by atoms with E-state index in [-0.39, 0.29) is 6.47 Å². The number of aromatic nitrogens is 3. The summed E-state index contributed by atoms with van der Waals surface area (Å²) in [5, 5.41) is 8.18. The van der Waals surface area contributed by atoms with Crippen molar-refractivity contribution in [2.45, 2.75) is 13.5 Å². The third-order valence-electron chi connectivity index (χ3n) is 4.52. The summed E-state index contributed by atoms with van der Waals surface area (Å²) >= 11 is 0. The van der Waals surface area contributed by atoms with E-state index in [0.717, 1.165) is 44.1 Å². The van der Waals surface area contributed by atoms with Crippen LogP contribution in [0.3, 0.4) is 0 Å². The van der Waals surface area contributed by atoms with E-state index in [1.807, 2.05) is 6.20 Å². The largest absolute Gasteiger partial charge is 0.483 e. The monoisotopic (exact) mass is 353 g/mol. The average molecular weight is 353 g/mol. The number of rotatable bonds is 3. The maximum Gasteiger partial charge on any atom is 0.290 e. The molecular weight excluding hydrogens is 330 g/mol. The molecule has 0 aliphatic carbocycles. The summed E-state index contributed by atoms with van der Waals surface area (Å²) in [7, 11) is 0. The number of nitrogens with one attached hydrogen (secondary N) is 1. The second-order valence-electron chi connectivity index (χ2n) is 6.28. The zero-order valence-electron chi connectivity index (χ0n) is 14.8. The normalized spacial score (nSPS) is 14.7. The average Bonchev–Trinajstić information content (AvgIpc) is 3.06. The second-order valence-corrected chi connectivity index (χ2v) is 6.28. The van der Waals surface area contributed by atoms with E-state index < -0.39 is 0 Å². The van der Waals surface area contributed by atoms with Crippen molar-refractivity contribution < 1.29 is 9.90 Å². The first-order chi connectivity index (χ1) is 12.7. The topological polar surface area (TPSA) is 85.4 Å². The van der Waals surface area contributed by atoms with Crippen LogP contribution in [0.25, 0.3) is 10.9 Å². The van der Waals surface area contributed by atoms with Gasteiger partial charge in [-0.25, -0.2) is 9.97 Å². The lowest BCUT2D eigenvalue weighted by Gasteiger charge is -2.35. The molecule has 0 unspecified atom stereocenters. The summed E-state index contributed by atoms with van der Waals surface area (Å²) in [6.07, 6.45) is 3.53. The minimum absolute atomic E-state index is 0.250. The fourth-order valence-electron chi connectivity index (χ4n) is 3.30. The Bertz CT molecular complexity index is 823. The molecule has 0 amide bonds. The van der Waals surface area contributed by atoms with Gasteiger partial charge in [0.15, 0.2) is 0 Å². The van der Waals surface area contributed by atoms with Gasteiger partial charge in [0.05, 0.1) is 0 Å². The minimum Gasteiger partial charge on any atom is -0.483 e. The highest BCUT2D eigenvalue weighted by Crippen LogP contribution is 2.19. The van der Waals surface area contributed by atoms with Gasteiger partial charge in [0.1, 0.15) is 12.1 Å². The van der Waals surface area contributed by atoms with E-state index in [2.05, 4.69) is 62.0 Å². The van der Waals surface area contributed by atoms with Crippen LogP contribution in [0.2, 0.25) is 0 Å². The second kappa shape index (κ2) is 8.44. The molecular formula is C19H23N5O2. The summed E-state index contributed by atoms with van der Waals surface area (Å²) in [5.74, 6) is 1.07. The summed E-state index contributed by atoms with van der Waals surface area (Å²) in [5.41, 5.74) is 3.66. The molecule has 0 atom stereocenters. The molecule has 2 N–H and O–H groups in total. The molecule has 7 nitrogen and oxygen atoms in total. The van der Waals surface area contributed by atoms with Crippen molar-refractivity contribution in [3.63, 3.8) is 0 Å². The fraction of sp³-hybridized carbons (Fsp3) is 0.316. The Kier molecular flexibility index (Phi) is 5.80. The minimum atomic E-state index is -0.250. The van der Waals surface area contributed by atoms with Gasteiger partial charge in [-0.3, -0.25) is 9.69 Å². The zero-order chi connectivity index (χ0) is 18.4. The molecule has 136 valence electrons. The zero-order valence-corrected chi connectivity index (χ0v) is 14.8. The highest BCUT2D eigenvalue weighted by atomic mass is 16.3. The first-order valence-electron chi connectivity index (χ1n) is 8.59. The van der Waals surface area contributed by atoms with Gasteiger partial charge in [-0.15, -0.1) is 0 Å². The first kappa shape index (κ1) is 17.9.